The minimum Gasteiger partial charge on any atom is -0.370 e. The van der Waals surface area contributed by atoms with Gasteiger partial charge in [-0.25, -0.2) is 9.97 Å². The van der Waals surface area contributed by atoms with Gasteiger partial charge in [0, 0.05) is 19.2 Å². The van der Waals surface area contributed by atoms with Gasteiger partial charge in [-0.2, -0.15) is 0 Å². The lowest BCUT2D eigenvalue weighted by Crippen LogP contribution is -2.16. The molecule has 0 saturated heterocycles. The van der Waals surface area contributed by atoms with Crippen molar-refractivity contribution in [3.63, 3.8) is 0 Å². The molecule has 4 nitrogen and oxygen atoms in total. The molecule has 0 amide bonds. The average Bonchev–Trinajstić information content (AvgIpc) is 3.09. The number of hydrogen-bond donors (Lipinski definition) is 2. The second-order valence-corrected chi connectivity index (χ2v) is 4.92. The monoisotopic (exact) mass is 234 g/mol. The van der Waals surface area contributed by atoms with E-state index in [4.69, 9.17) is 0 Å². The molecule has 0 atom stereocenters. The van der Waals surface area contributed by atoms with Crippen LogP contribution >= 0.6 is 0 Å². The van der Waals surface area contributed by atoms with Crippen LogP contribution in [0.3, 0.4) is 0 Å². The van der Waals surface area contributed by atoms with Crippen LogP contribution in [-0.4, -0.2) is 23.1 Å². The van der Waals surface area contributed by atoms with Crippen molar-refractivity contribution in [3.8, 4) is 0 Å². The van der Waals surface area contributed by atoms with Crippen molar-refractivity contribution in [2.75, 3.05) is 23.7 Å². The van der Waals surface area contributed by atoms with Gasteiger partial charge in [-0.1, -0.05) is 13.3 Å². The third-order valence-corrected chi connectivity index (χ3v) is 3.41. The largest absolute Gasteiger partial charge is 0.370 e. The number of anilines is 2. The third kappa shape index (κ3) is 3.32. The molecule has 94 valence electrons. The lowest BCUT2D eigenvalue weighted by molar-refractivity contribution is 0.485. The molecule has 1 heterocycles. The third-order valence-electron chi connectivity index (χ3n) is 3.41. The quantitative estimate of drug-likeness (QED) is 0.761. The molecule has 2 rings (SSSR count). The van der Waals surface area contributed by atoms with E-state index in [2.05, 4.69) is 34.4 Å². The highest BCUT2D eigenvalue weighted by Gasteiger charge is 2.41. The Labute approximate surface area is 103 Å². The number of nitrogens with zero attached hydrogens (tertiary/aromatic N) is 2. The normalized spacial score (nSPS) is 16.6. The summed E-state index contributed by atoms with van der Waals surface area (Å²) < 4.78 is 0. The average molecular weight is 234 g/mol. The van der Waals surface area contributed by atoms with E-state index in [0.717, 1.165) is 24.7 Å². The van der Waals surface area contributed by atoms with Gasteiger partial charge < -0.3 is 10.6 Å². The minimum absolute atomic E-state index is 0.554. The summed E-state index contributed by atoms with van der Waals surface area (Å²) >= 11 is 0. The van der Waals surface area contributed by atoms with Crippen molar-refractivity contribution >= 4 is 11.6 Å². The van der Waals surface area contributed by atoms with Crippen LogP contribution in [0.1, 0.15) is 39.5 Å². The van der Waals surface area contributed by atoms with Gasteiger partial charge in [0.25, 0.3) is 0 Å². The Kier molecular flexibility index (Phi) is 3.82. The molecule has 2 N–H and O–H groups in total. The van der Waals surface area contributed by atoms with Gasteiger partial charge in [0.1, 0.15) is 18.0 Å². The van der Waals surface area contributed by atoms with Crippen LogP contribution in [-0.2, 0) is 0 Å². The predicted molar refractivity (Wildman–Crippen MR) is 71.3 cm³/mol. The van der Waals surface area contributed by atoms with E-state index in [1.165, 1.54) is 25.7 Å². The standard InChI is InChI=1S/C13H22N4/c1-3-5-13(6-7-13)9-15-12-8-11(14-4-2)16-10-17-12/h8,10H,3-7,9H2,1-2H3,(H2,14,15,16,17). The topological polar surface area (TPSA) is 49.8 Å². The highest BCUT2D eigenvalue weighted by Crippen LogP contribution is 2.49. The SMILES string of the molecule is CCCC1(CNc2cc(NCC)ncn2)CC1. The first kappa shape index (κ1) is 12.1. The highest BCUT2D eigenvalue weighted by atomic mass is 15.1. The summed E-state index contributed by atoms with van der Waals surface area (Å²) in [5, 5.41) is 6.63. The molecule has 1 saturated carbocycles. The summed E-state index contributed by atoms with van der Waals surface area (Å²) in [6.45, 7) is 6.25. The van der Waals surface area contributed by atoms with Crippen molar-refractivity contribution in [2.45, 2.75) is 39.5 Å². The van der Waals surface area contributed by atoms with Gasteiger partial charge in [-0.3, -0.25) is 0 Å². The highest BCUT2D eigenvalue weighted by molar-refractivity contribution is 5.46. The first-order valence-electron chi connectivity index (χ1n) is 6.58. The molecular weight excluding hydrogens is 212 g/mol. The van der Waals surface area contributed by atoms with Gasteiger partial charge in [-0.05, 0) is 31.6 Å². The van der Waals surface area contributed by atoms with E-state index < -0.39 is 0 Å². The van der Waals surface area contributed by atoms with E-state index in [0.29, 0.717) is 5.41 Å². The Bertz CT molecular complexity index is 360. The summed E-state index contributed by atoms with van der Waals surface area (Å²) in [4.78, 5) is 8.41. The smallest absolute Gasteiger partial charge is 0.131 e. The van der Waals surface area contributed by atoms with Crippen molar-refractivity contribution < 1.29 is 0 Å². The van der Waals surface area contributed by atoms with E-state index in [9.17, 15) is 0 Å². The molecule has 1 aromatic heterocycles. The Morgan fingerprint density at radius 1 is 1.18 bits per heavy atom. The van der Waals surface area contributed by atoms with Gasteiger partial charge in [0.15, 0.2) is 0 Å². The molecule has 0 aliphatic heterocycles. The molecule has 0 radical (unpaired) electrons. The molecule has 0 spiro atoms. The zero-order valence-electron chi connectivity index (χ0n) is 10.8. The summed E-state index contributed by atoms with van der Waals surface area (Å²) in [6.07, 6.45) is 6.93. The predicted octanol–water partition coefficient (Wildman–Crippen LogP) is 2.90. The maximum Gasteiger partial charge on any atom is 0.131 e. The van der Waals surface area contributed by atoms with Crippen LogP contribution in [0.15, 0.2) is 12.4 Å². The van der Waals surface area contributed by atoms with Crippen LogP contribution in [0.2, 0.25) is 0 Å². The Morgan fingerprint density at radius 3 is 2.47 bits per heavy atom. The molecular formula is C13H22N4. The van der Waals surface area contributed by atoms with Crippen LogP contribution in [0.4, 0.5) is 11.6 Å². The van der Waals surface area contributed by atoms with Crippen LogP contribution < -0.4 is 10.6 Å². The molecule has 1 aliphatic rings. The van der Waals surface area contributed by atoms with Crippen molar-refractivity contribution in [3.05, 3.63) is 12.4 Å². The second kappa shape index (κ2) is 5.34. The number of aromatic nitrogens is 2. The molecule has 0 unspecified atom stereocenters. The zero-order chi connectivity index (χ0) is 12.1. The summed E-state index contributed by atoms with van der Waals surface area (Å²) in [5.41, 5.74) is 0.554. The Hall–Kier alpha value is -1.32. The lowest BCUT2D eigenvalue weighted by atomic mass is 10.0. The fourth-order valence-corrected chi connectivity index (χ4v) is 2.23. The lowest BCUT2D eigenvalue weighted by Gasteiger charge is -2.15. The van der Waals surface area contributed by atoms with Crippen molar-refractivity contribution in [1.82, 2.24) is 9.97 Å². The van der Waals surface area contributed by atoms with E-state index in [-0.39, 0.29) is 0 Å². The molecule has 4 heteroatoms. The Morgan fingerprint density at radius 2 is 1.88 bits per heavy atom. The first-order valence-corrected chi connectivity index (χ1v) is 6.58. The van der Waals surface area contributed by atoms with Gasteiger partial charge in [0.2, 0.25) is 0 Å². The first-order chi connectivity index (χ1) is 8.28. The van der Waals surface area contributed by atoms with E-state index in [1.54, 1.807) is 6.33 Å². The van der Waals surface area contributed by atoms with Crippen LogP contribution in [0.5, 0.6) is 0 Å². The number of hydrogen-bond acceptors (Lipinski definition) is 4. The van der Waals surface area contributed by atoms with E-state index in [1.807, 2.05) is 6.07 Å². The van der Waals surface area contributed by atoms with E-state index >= 15 is 0 Å². The summed E-state index contributed by atoms with van der Waals surface area (Å²) in [5.74, 6) is 1.82. The molecule has 0 aromatic carbocycles. The summed E-state index contributed by atoms with van der Waals surface area (Å²) in [6, 6.07) is 1.98. The van der Waals surface area contributed by atoms with Crippen molar-refractivity contribution in [1.29, 1.82) is 0 Å². The molecule has 17 heavy (non-hydrogen) atoms. The Balaban J connectivity index is 1.88. The zero-order valence-corrected chi connectivity index (χ0v) is 10.8. The minimum atomic E-state index is 0.554. The number of rotatable bonds is 7. The molecule has 0 bridgehead atoms. The second-order valence-electron chi connectivity index (χ2n) is 4.92. The van der Waals surface area contributed by atoms with Crippen LogP contribution in [0.25, 0.3) is 0 Å². The van der Waals surface area contributed by atoms with Crippen molar-refractivity contribution in [2.24, 2.45) is 5.41 Å². The maximum absolute atomic E-state index is 4.25. The molecule has 1 fully saturated rings. The summed E-state index contributed by atoms with van der Waals surface area (Å²) in [7, 11) is 0. The van der Waals surface area contributed by atoms with Gasteiger partial charge >= 0.3 is 0 Å². The molecule has 1 aliphatic carbocycles. The van der Waals surface area contributed by atoms with Gasteiger partial charge in [-0.15, -0.1) is 0 Å². The van der Waals surface area contributed by atoms with Gasteiger partial charge in [0.05, 0.1) is 0 Å². The fourth-order valence-electron chi connectivity index (χ4n) is 2.23. The fraction of sp³-hybridized carbons (Fsp3) is 0.692. The molecule has 1 aromatic rings. The number of nitrogens with one attached hydrogen (secondary N) is 2. The maximum atomic E-state index is 4.25. The van der Waals surface area contributed by atoms with Crippen LogP contribution in [0, 0.1) is 5.41 Å².